The van der Waals surface area contributed by atoms with Crippen LogP contribution in [0.1, 0.15) is 20.7 Å². The number of carbonyl (C=O) groups excluding carboxylic acids is 1. The molecule has 0 aliphatic heterocycles. The number of aromatic nitrogens is 1. The third kappa shape index (κ3) is 3.38. The lowest BCUT2D eigenvalue weighted by atomic mass is 10.2. The predicted molar refractivity (Wildman–Crippen MR) is 73.3 cm³/mol. The average molecular weight is 321 g/mol. The van der Waals surface area contributed by atoms with Gasteiger partial charge >= 0.3 is 5.97 Å². The van der Waals surface area contributed by atoms with E-state index in [1.807, 2.05) is 0 Å². The van der Waals surface area contributed by atoms with Crippen molar-refractivity contribution in [1.29, 1.82) is 0 Å². The van der Waals surface area contributed by atoms with Crippen molar-refractivity contribution < 1.29 is 14.7 Å². The number of hydrogen-bond donors (Lipinski definition) is 2. The summed E-state index contributed by atoms with van der Waals surface area (Å²) in [7, 11) is 0. The second kappa shape index (κ2) is 5.62. The highest BCUT2D eigenvalue weighted by Crippen LogP contribution is 2.13. The van der Waals surface area contributed by atoms with Crippen LogP contribution in [0.2, 0.25) is 0 Å². The summed E-state index contributed by atoms with van der Waals surface area (Å²) in [6, 6.07) is 7.57. The van der Waals surface area contributed by atoms with Gasteiger partial charge in [0.25, 0.3) is 5.91 Å². The lowest BCUT2D eigenvalue weighted by Gasteiger charge is -2.05. The van der Waals surface area contributed by atoms with Crippen molar-refractivity contribution in [2.24, 2.45) is 0 Å². The quantitative estimate of drug-likeness (QED) is 0.911. The minimum Gasteiger partial charge on any atom is -0.478 e. The molecule has 0 spiro atoms. The van der Waals surface area contributed by atoms with E-state index in [9.17, 15) is 9.59 Å². The fourth-order valence-electron chi connectivity index (χ4n) is 1.44. The van der Waals surface area contributed by atoms with Crippen molar-refractivity contribution >= 4 is 33.5 Å². The van der Waals surface area contributed by atoms with Crippen LogP contribution < -0.4 is 5.32 Å². The molecule has 19 heavy (non-hydrogen) atoms. The number of halogens is 1. The molecule has 0 saturated heterocycles. The van der Waals surface area contributed by atoms with Gasteiger partial charge in [-0.2, -0.15) is 0 Å². The van der Waals surface area contributed by atoms with Crippen LogP contribution in [0, 0.1) is 0 Å². The molecule has 5 nitrogen and oxygen atoms in total. The van der Waals surface area contributed by atoms with Gasteiger partial charge < -0.3 is 10.4 Å². The second-order valence-electron chi connectivity index (χ2n) is 3.73. The van der Waals surface area contributed by atoms with Crippen molar-refractivity contribution in [3.8, 4) is 0 Å². The Balaban J connectivity index is 2.13. The van der Waals surface area contributed by atoms with E-state index in [1.54, 1.807) is 12.3 Å². The summed E-state index contributed by atoms with van der Waals surface area (Å²) in [5.41, 5.74) is 1.11. The smallest absolute Gasteiger partial charge is 0.335 e. The van der Waals surface area contributed by atoms with Gasteiger partial charge in [-0.05, 0) is 46.3 Å². The highest BCUT2D eigenvalue weighted by molar-refractivity contribution is 9.10. The molecule has 96 valence electrons. The first-order valence-electron chi connectivity index (χ1n) is 5.31. The number of carboxylic acids is 1. The normalized spacial score (nSPS) is 9.95. The number of hydrogen-bond acceptors (Lipinski definition) is 3. The highest BCUT2D eigenvalue weighted by atomic mass is 79.9. The van der Waals surface area contributed by atoms with Crippen LogP contribution in [0.3, 0.4) is 0 Å². The van der Waals surface area contributed by atoms with Crippen LogP contribution in [0.5, 0.6) is 0 Å². The van der Waals surface area contributed by atoms with Crippen LogP contribution in [-0.4, -0.2) is 22.0 Å². The maximum absolute atomic E-state index is 11.9. The fraction of sp³-hybridized carbons (Fsp3) is 0. The van der Waals surface area contributed by atoms with Gasteiger partial charge in [-0.1, -0.05) is 0 Å². The largest absolute Gasteiger partial charge is 0.478 e. The first-order valence-corrected chi connectivity index (χ1v) is 6.11. The second-order valence-corrected chi connectivity index (χ2v) is 4.64. The van der Waals surface area contributed by atoms with Crippen molar-refractivity contribution in [3.05, 3.63) is 58.3 Å². The number of benzene rings is 1. The van der Waals surface area contributed by atoms with E-state index in [0.717, 1.165) is 0 Å². The van der Waals surface area contributed by atoms with E-state index in [1.165, 1.54) is 30.5 Å². The summed E-state index contributed by atoms with van der Waals surface area (Å²) in [4.78, 5) is 26.5. The summed E-state index contributed by atoms with van der Waals surface area (Å²) < 4.78 is 0.710. The number of carbonyl (C=O) groups is 2. The molecular formula is C13H9BrN2O3. The molecule has 2 N–H and O–H groups in total. The van der Waals surface area contributed by atoms with E-state index in [4.69, 9.17) is 5.11 Å². The van der Waals surface area contributed by atoms with Gasteiger partial charge in [0.1, 0.15) is 0 Å². The van der Waals surface area contributed by atoms with Crippen molar-refractivity contribution in [2.75, 3.05) is 5.32 Å². The summed E-state index contributed by atoms with van der Waals surface area (Å²) in [5.74, 6) is -1.31. The van der Waals surface area contributed by atoms with Gasteiger partial charge in [0, 0.05) is 22.6 Å². The molecule has 0 aliphatic carbocycles. The van der Waals surface area contributed by atoms with Crippen molar-refractivity contribution in [3.63, 3.8) is 0 Å². The van der Waals surface area contributed by atoms with Crippen LogP contribution >= 0.6 is 15.9 Å². The van der Waals surface area contributed by atoms with Gasteiger partial charge in [-0.25, -0.2) is 4.79 Å². The van der Waals surface area contributed by atoms with Gasteiger partial charge in [0.2, 0.25) is 0 Å². The Kier molecular flexibility index (Phi) is 3.91. The average Bonchev–Trinajstić information content (AvgIpc) is 2.39. The molecule has 0 fully saturated rings. The molecule has 2 aromatic rings. The summed E-state index contributed by atoms with van der Waals surface area (Å²) in [6.07, 6.45) is 3.03. The van der Waals surface area contributed by atoms with E-state index >= 15 is 0 Å². The molecule has 0 aliphatic rings. The van der Waals surface area contributed by atoms with Crippen molar-refractivity contribution in [1.82, 2.24) is 4.98 Å². The monoisotopic (exact) mass is 320 g/mol. The molecule has 1 aromatic heterocycles. The van der Waals surface area contributed by atoms with Gasteiger partial charge in [-0.3, -0.25) is 9.78 Å². The van der Waals surface area contributed by atoms with Crippen LogP contribution in [0.25, 0.3) is 0 Å². The molecule has 1 amide bonds. The van der Waals surface area contributed by atoms with Gasteiger partial charge in [-0.15, -0.1) is 0 Å². The SMILES string of the molecule is O=C(O)c1ccc(NC(=O)c2cncc(Br)c2)cc1. The Morgan fingerprint density at radius 3 is 2.37 bits per heavy atom. The lowest BCUT2D eigenvalue weighted by molar-refractivity contribution is 0.0696. The van der Waals surface area contributed by atoms with E-state index in [2.05, 4.69) is 26.2 Å². The van der Waals surface area contributed by atoms with Crippen LogP contribution in [-0.2, 0) is 0 Å². The first kappa shape index (κ1) is 13.2. The standard InChI is InChI=1S/C13H9BrN2O3/c14-10-5-9(6-15-7-10)12(17)16-11-3-1-8(2-4-11)13(18)19/h1-7H,(H,16,17)(H,18,19). The molecule has 0 radical (unpaired) electrons. The maximum atomic E-state index is 11.9. The summed E-state index contributed by atoms with van der Waals surface area (Å²) in [6.45, 7) is 0. The Bertz CT molecular complexity index is 626. The molecule has 2 rings (SSSR count). The lowest BCUT2D eigenvalue weighted by Crippen LogP contribution is -2.12. The van der Waals surface area contributed by atoms with Crippen molar-refractivity contribution in [2.45, 2.75) is 0 Å². The molecular weight excluding hydrogens is 312 g/mol. The number of nitrogens with zero attached hydrogens (tertiary/aromatic N) is 1. The summed E-state index contributed by atoms with van der Waals surface area (Å²) in [5, 5.41) is 11.4. The molecule has 1 aromatic carbocycles. The topological polar surface area (TPSA) is 79.3 Å². The number of nitrogens with one attached hydrogen (secondary N) is 1. The van der Waals surface area contributed by atoms with E-state index in [0.29, 0.717) is 15.7 Å². The molecule has 0 saturated carbocycles. The predicted octanol–water partition coefficient (Wildman–Crippen LogP) is 2.79. The fourth-order valence-corrected chi connectivity index (χ4v) is 1.80. The first-order chi connectivity index (χ1) is 9.06. The number of anilines is 1. The zero-order valence-electron chi connectivity index (χ0n) is 9.63. The zero-order chi connectivity index (χ0) is 13.8. The minimum absolute atomic E-state index is 0.169. The van der Waals surface area contributed by atoms with Crippen LogP contribution in [0.15, 0.2) is 47.2 Å². The van der Waals surface area contributed by atoms with E-state index < -0.39 is 5.97 Å². The Hall–Kier alpha value is -2.21. The van der Waals surface area contributed by atoms with Crippen LogP contribution in [0.4, 0.5) is 5.69 Å². The number of pyridine rings is 1. The number of amides is 1. The third-order valence-electron chi connectivity index (χ3n) is 2.36. The minimum atomic E-state index is -1.01. The Morgan fingerprint density at radius 2 is 1.79 bits per heavy atom. The maximum Gasteiger partial charge on any atom is 0.335 e. The number of rotatable bonds is 3. The molecule has 0 atom stereocenters. The number of carboxylic acid groups (broad SMARTS) is 1. The molecule has 6 heteroatoms. The Morgan fingerprint density at radius 1 is 1.11 bits per heavy atom. The Labute approximate surface area is 117 Å². The zero-order valence-corrected chi connectivity index (χ0v) is 11.2. The molecule has 0 bridgehead atoms. The molecule has 1 heterocycles. The number of aromatic carboxylic acids is 1. The molecule has 0 unspecified atom stereocenters. The van der Waals surface area contributed by atoms with E-state index in [-0.39, 0.29) is 11.5 Å². The highest BCUT2D eigenvalue weighted by Gasteiger charge is 2.08. The van der Waals surface area contributed by atoms with Gasteiger partial charge in [0.15, 0.2) is 0 Å². The summed E-state index contributed by atoms with van der Waals surface area (Å²) >= 11 is 3.23. The third-order valence-corrected chi connectivity index (χ3v) is 2.79. The van der Waals surface area contributed by atoms with Gasteiger partial charge in [0.05, 0.1) is 11.1 Å².